The third-order valence-corrected chi connectivity index (χ3v) is 2.62. The first-order valence-electron chi connectivity index (χ1n) is 6.02. The molecule has 0 heterocycles. The summed E-state index contributed by atoms with van der Waals surface area (Å²) in [6, 6.07) is 17.4. The number of hydrogen-bond acceptors (Lipinski definition) is 4. The van der Waals surface area contributed by atoms with Crippen molar-refractivity contribution in [2.75, 3.05) is 0 Å². The Labute approximate surface area is 116 Å². The molecule has 2 aromatic rings. The second-order valence-electron chi connectivity index (χ2n) is 4.15. The molecule has 0 unspecified atom stereocenters. The lowest BCUT2D eigenvalue weighted by molar-refractivity contribution is 0.106. The summed E-state index contributed by atoms with van der Waals surface area (Å²) in [6.45, 7) is 1.95. The molecule has 0 N–H and O–H groups in total. The molecule has 0 aromatic heterocycles. The Hall–Kier alpha value is -2.93. The number of benzene rings is 2. The van der Waals surface area contributed by atoms with Crippen molar-refractivity contribution in [2.24, 2.45) is 5.16 Å². The van der Waals surface area contributed by atoms with Gasteiger partial charge in [0.25, 0.3) is 0 Å². The van der Waals surface area contributed by atoms with Crippen molar-refractivity contribution in [1.82, 2.24) is 0 Å². The van der Waals surface area contributed by atoms with E-state index in [1.165, 1.54) is 0 Å². The number of rotatable bonds is 4. The van der Waals surface area contributed by atoms with Gasteiger partial charge in [-0.2, -0.15) is 5.26 Å². The number of nitrogens with zero attached hydrogens (tertiary/aromatic N) is 2. The molecule has 0 atom stereocenters. The van der Waals surface area contributed by atoms with E-state index in [1.807, 2.05) is 19.1 Å². The van der Waals surface area contributed by atoms with Crippen molar-refractivity contribution >= 4 is 11.5 Å². The zero-order valence-corrected chi connectivity index (χ0v) is 10.9. The molecule has 20 heavy (non-hydrogen) atoms. The lowest BCUT2D eigenvalue weighted by atomic mass is 10.1. The fourth-order valence-electron chi connectivity index (χ4n) is 1.54. The molecule has 98 valence electrons. The highest BCUT2D eigenvalue weighted by molar-refractivity contribution is 6.51. The van der Waals surface area contributed by atoms with Crippen molar-refractivity contribution in [1.29, 1.82) is 5.26 Å². The van der Waals surface area contributed by atoms with E-state index in [-0.39, 0.29) is 5.71 Å². The molecule has 0 saturated heterocycles. The van der Waals surface area contributed by atoms with Gasteiger partial charge in [0.05, 0.1) is 0 Å². The van der Waals surface area contributed by atoms with Crippen molar-refractivity contribution in [3.05, 3.63) is 65.7 Å². The van der Waals surface area contributed by atoms with Crippen molar-refractivity contribution in [3.8, 4) is 11.8 Å². The Morgan fingerprint density at radius 1 is 1.10 bits per heavy atom. The van der Waals surface area contributed by atoms with Crippen LogP contribution in [-0.4, -0.2) is 11.5 Å². The first-order valence-corrected chi connectivity index (χ1v) is 6.02. The van der Waals surface area contributed by atoms with Crippen LogP contribution >= 0.6 is 0 Å². The smallest absolute Gasteiger partial charge is 0.227 e. The number of hydrogen-bond donors (Lipinski definition) is 0. The van der Waals surface area contributed by atoms with Crippen molar-refractivity contribution < 1.29 is 9.63 Å². The minimum atomic E-state index is -0.458. The molecule has 2 aromatic carbocycles. The number of nitriles is 1. The number of ketones is 1. The first kappa shape index (κ1) is 13.5. The predicted octanol–water partition coefficient (Wildman–Crippen LogP) is 3.14. The molecule has 0 aliphatic carbocycles. The summed E-state index contributed by atoms with van der Waals surface area (Å²) in [7, 11) is 0. The third-order valence-electron chi connectivity index (χ3n) is 2.62. The molecular weight excluding hydrogens is 252 g/mol. The molecule has 0 aliphatic heterocycles. The van der Waals surface area contributed by atoms with Crippen LogP contribution in [0.1, 0.15) is 15.9 Å². The molecule has 0 saturated carbocycles. The maximum absolute atomic E-state index is 12.0. The fourth-order valence-corrected chi connectivity index (χ4v) is 1.54. The van der Waals surface area contributed by atoms with Crippen LogP contribution < -0.4 is 4.84 Å². The van der Waals surface area contributed by atoms with E-state index < -0.39 is 5.78 Å². The molecule has 0 amide bonds. The van der Waals surface area contributed by atoms with Crippen molar-refractivity contribution in [3.63, 3.8) is 0 Å². The minimum Gasteiger partial charge on any atom is -0.356 e. The molecule has 4 heteroatoms. The molecular formula is C16H12N2O2. The van der Waals surface area contributed by atoms with Gasteiger partial charge in [-0.05, 0) is 19.1 Å². The maximum Gasteiger partial charge on any atom is 0.227 e. The summed E-state index contributed by atoms with van der Waals surface area (Å²) in [5.41, 5.74) is 1.21. The Balaban J connectivity index is 2.16. The van der Waals surface area contributed by atoms with Gasteiger partial charge in [0.1, 0.15) is 6.07 Å². The van der Waals surface area contributed by atoms with E-state index in [0.717, 1.165) is 5.56 Å². The first-order chi connectivity index (χ1) is 9.70. The van der Waals surface area contributed by atoms with E-state index >= 15 is 0 Å². The van der Waals surface area contributed by atoms with Gasteiger partial charge in [-0.15, -0.1) is 0 Å². The quantitative estimate of drug-likeness (QED) is 0.484. The summed E-state index contributed by atoms with van der Waals surface area (Å²) < 4.78 is 0. The number of carbonyl (C=O) groups is 1. The van der Waals surface area contributed by atoms with Crippen LogP contribution in [0.3, 0.4) is 0 Å². The molecule has 0 fully saturated rings. The zero-order chi connectivity index (χ0) is 14.4. The molecule has 0 aliphatic rings. The Morgan fingerprint density at radius 2 is 1.75 bits per heavy atom. The number of Topliss-reactive ketones (excluding diaryl/α,β-unsaturated/α-hetero) is 1. The lowest BCUT2D eigenvalue weighted by Crippen LogP contribution is -2.13. The number of oxime groups is 1. The van der Waals surface area contributed by atoms with Crippen molar-refractivity contribution in [2.45, 2.75) is 6.92 Å². The van der Waals surface area contributed by atoms with Crippen LogP contribution in [0.4, 0.5) is 0 Å². The molecule has 0 bridgehead atoms. The van der Waals surface area contributed by atoms with Gasteiger partial charge in [-0.1, -0.05) is 53.2 Å². The average Bonchev–Trinajstić information content (AvgIpc) is 2.50. The van der Waals surface area contributed by atoms with E-state index in [1.54, 1.807) is 48.5 Å². The Bertz CT molecular complexity index is 668. The summed E-state index contributed by atoms with van der Waals surface area (Å²) in [4.78, 5) is 17.1. The van der Waals surface area contributed by atoms with Gasteiger partial charge in [-0.3, -0.25) is 4.79 Å². The molecule has 4 nitrogen and oxygen atoms in total. The topological polar surface area (TPSA) is 62.4 Å². The van der Waals surface area contributed by atoms with Gasteiger partial charge in [0, 0.05) is 5.56 Å². The van der Waals surface area contributed by atoms with E-state index in [9.17, 15) is 4.79 Å². The number of aryl methyl sites for hydroxylation is 1. The van der Waals surface area contributed by atoms with E-state index in [2.05, 4.69) is 5.16 Å². The fraction of sp³-hybridized carbons (Fsp3) is 0.0625. The summed E-state index contributed by atoms with van der Waals surface area (Å²) in [6.07, 6.45) is 0. The summed E-state index contributed by atoms with van der Waals surface area (Å²) in [5.74, 6) is 0.0180. The largest absolute Gasteiger partial charge is 0.356 e. The van der Waals surface area contributed by atoms with Gasteiger partial charge in [-0.25, -0.2) is 0 Å². The van der Waals surface area contributed by atoms with Crippen LogP contribution in [0.15, 0.2) is 59.8 Å². The second kappa shape index (κ2) is 6.30. The number of carbonyl (C=O) groups excluding carboxylic acids is 1. The lowest BCUT2D eigenvalue weighted by Gasteiger charge is -2.00. The van der Waals surface area contributed by atoms with Crippen LogP contribution in [0.25, 0.3) is 0 Å². The zero-order valence-electron chi connectivity index (χ0n) is 10.9. The second-order valence-corrected chi connectivity index (χ2v) is 4.15. The average molecular weight is 264 g/mol. The maximum atomic E-state index is 12.0. The van der Waals surface area contributed by atoms with Gasteiger partial charge in [0.2, 0.25) is 11.5 Å². The summed E-state index contributed by atoms with van der Waals surface area (Å²) >= 11 is 0. The Kier molecular flexibility index (Phi) is 4.25. The van der Waals surface area contributed by atoms with Crippen LogP contribution in [0.2, 0.25) is 0 Å². The van der Waals surface area contributed by atoms with Crippen LogP contribution in [0, 0.1) is 18.3 Å². The van der Waals surface area contributed by atoms with Gasteiger partial charge < -0.3 is 4.84 Å². The highest BCUT2D eigenvalue weighted by Gasteiger charge is 2.14. The molecule has 2 rings (SSSR count). The third kappa shape index (κ3) is 3.30. The minimum absolute atomic E-state index is 0.281. The Morgan fingerprint density at radius 3 is 2.35 bits per heavy atom. The van der Waals surface area contributed by atoms with E-state index in [0.29, 0.717) is 11.3 Å². The van der Waals surface area contributed by atoms with E-state index in [4.69, 9.17) is 10.1 Å². The molecule has 0 spiro atoms. The highest BCUT2D eigenvalue weighted by atomic mass is 16.6. The van der Waals surface area contributed by atoms with Gasteiger partial charge in [0.15, 0.2) is 5.75 Å². The van der Waals surface area contributed by atoms with Crippen LogP contribution in [-0.2, 0) is 0 Å². The van der Waals surface area contributed by atoms with Crippen LogP contribution in [0.5, 0.6) is 5.75 Å². The summed E-state index contributed by atoms with van der Waals surface area (Å²) in [5, 5.41) is 12.6. The standard InChI is InChI=1S/C16H12N2O2/c1-12-7-9-14(10-8-12)20-18-15(11-17)16(19)13-5-3-2-4-6-13/h2-10H,1H3/b18-15-. The SMILES string of the molecule is Cc1ccc(O/N=C(/C#N)C(=O)c2ccccc2)cc1. The predicted molar refractivity (Wildman–Crippen MR) is 75.6 cm³/mol. The normalized spacial score (nSPS) is 10.7. The van der Waals surface area contributed by atoms with Gasteiger partial charge >= 0.3 is 0 Å². The highest BCUT2D eigenvalue weighted by Crippen LogP contribution is 2.12. The monoisotopic (exact) mass is 264 g/mol. The molecule has 0 radical (unpaired) electrons.